The minimum Gasteiger partial charge on any atom is -0.493 e. The van der Waals surface area contributed by atoms with Crippen molar-refractivity contribution in [1.29, 1.82) is 0 Å². The summed E-state index contributed by atoms with van der Waals surface area (Å²) in [6.45, 7) is 4.79. The van der Waals surface area contributed by atoms with Gasteiger partial charge in [-0.2, -0.15) is 0 Å². The second kappa shape index (κ2) is 41.0. The number of hydrogen-bond donors (Lipinski definition) is 2. The van der Waals surface area contributed by atoms with Crippen molar-refractivity contribution in [2.45, 2.75) is 127 Å². The minimum absolute atomic E-state index is 0.197. The first-order valence-electron chi connectivity index (χ1n) is 36.5. The lowest BCUT2D eigenvalue weighted by Gasteiger charge is -2.37. The highest BCUT2D eigenvalue weighted by Crippen LogP contribution is 2.44. The molecule has 2 aliphatic heterocycles. The molecule has 2 aliphatic rings. The third-order valence-electron chi connectivity index (χ3n) is 19.5. The largest absolute Gasteiger partial charge is 0.493 e. The van der Waals surface area contributed by atoms with Crippen molar-refractivity contribution in [2.24, 2.45) is 5.92 Å². The van der Waals surface area contributed by atoms with Crippen molar-refractivity contribution < 1.29 is 95.1 Å². The normalized spacial score (nSPS) is 15.6. The Hall–Kier alpha value is -10.3. The van der Waals surface area contributed by atoms with Crippen molar-refractivity contribution in [2.75, 3.05) is 131 Å². The average molecular weight is 1480 g/mol. The maximum atomic E-state index is 14.7. The number of nitrogens with one attached hydrogen (secondary N) is 2. The van der Waals surface area contributed by atoms with Crippen LogP contribution in [0, 0.1) is 5.92 Å². The van der Waals surface area contributed by atoms with E-state index in [4.69, 9.17) is 66.3 Å². The van der Waals surface area contributed by atoms with E-state index in [1.54, 1.807) is 98.9 Å². The Labute approximate surface area is 628 Å². The topological polar surface area (TPSA) is 265 Å². The molecule has 0 radical (unpaired) electrons. The molecule has 580 valence electrons. The van der Waals surface area contributed by atoms with E-state index in [1.807, 2.05) is 81.4 Å². The number of likely N-dealkylation sites (tertiary alicyclic amines) is 2. The maximum Gasteiger partial charge on any atom is 0.329 e. The monoisotopic (exact) mass is 1480 g/mol. The molecule has 6 aromatic carbocycles. The molecular weight excluding hydrogens is 1370 g/mol. The first-order chi connectivity index (χ1) is 51.8. The van der Waals surface area contributed by atoms with Gasteiger partial charge in [-0.3, -0.25) is 19.2 Å². The third-order valence-corrected chi connectivity index (χ3v) is 19.5. The Morgan fingerprint density at radius 2 is 0.813 bits per heavy atom. The van der Waals surface area contributed by atoms with Crippen molar-refractivity contribution in [1.82, 2.24) is 25.3 Å². The van der Waals surface area contributed by atoms with Crippen LogP contribution in [0.4, 0.5) is 0 Å². The van der Waals surface area contributed by atoms with Crippen LogP contribution in [0.2, 0.25) is 0 Å². The smallest absolute Gasteiger partial charge is 0.329 e. The molecule has 0 aromatic heterocycles. The summed E-state index contributed by atoms with van der Waals surface area (Å²) >= 11 is 0. The highest BCUT2D eigenvalue weighted by Gasteiger charge is 2.40. The van der Waals surface area contributed by atoms with Crippen LogP contribution in [0.1, 0.15) is 135 Å². The Morgan fingerprint density at radius 3 is 1.15 bits per heavy atom. The van der Waals surface area contributed by atoms with E-state index >= 15 is 0 Å². The van der Waals surface area contributed by atoms with Gasteiger partial charge in [0.25, 0.3) is 11.8 Å². The summed E-state index contributed by atoms with van der Waals surface area (Å²) in [6, 6.07) is 30.8. The zero-order valence-electron chi connectivity index (χ0n) is 64.4. The number of ether oxygens (including phenoxy) is 14. The van der Waals surface area contributed by atoms with Crippen LogP contribution >= 0.6 is 0 Å². The number of hydrogen-bond acceptors (Lipinski definition) is 21. The Bertz CT molecular complexity index is 3650. The molecule has 2 N–H and O–H groups in total. The van der Waals surface area contributed by atoms with Crippen LogP contribution < -0.4 is 67.5 Å². The van der Waals surface area contributed by atoms with E-state index in [0.717, 1.165) is 24.0 Å². The SMILES string of the molecule is CCC(C(=O)N1CCCCC1C(=O)OC(CCc1ccc(OC)c(OC)c1)c1cccc(OCC(=O)NCC(CNC(=O)COc2cccc(C(CCc3ccc(OC)c(OC)c3)OC(=O)C3CCCCN3C(=O)C(CC)c3cc(OC)c(OC)c(OC)c3)c2)CN(C)C)c1)c1cc(OC)c(OC)c(OC)c1. The molecule has 0 saturated carbocycles. The fourth-order valence-corrected chi connectivity index (χ4v) is 13.9. The van der Waals surface area contributed by atoms with Crippen LogP contribution in [-0.2, 0) is 51.1 Å². The number of benzene rings is 6. The van der Waals surface area contributed by atoms with Crippen molar-refractivity contribution in [3.05, 3.63) is 143 Å². The van der Waals surface area contributed by atoms with Gasteiger partial charge < -0.3 is 91.6 Å². The molecule has 2 saturated heterocycles. The Morgan fingerprint density at radius 1 is 0.439 bits per heavy atom. The van der Waals surface area contributed by atoms with E-state index < -0.39 is 59.9 Å². The lowest BCUT2D eigenvalue weighted by atomic mass is 9.91. The number of aryl methyl sites for hydroxylation is 2. The van der Waals surface area contributed by atoms with Gasteiger partial charge in [-0.1, -0.05) is 50.2 Å². The quantitative estimate of drug-likeness (QED) is 0.0339. The van der Waals surface area contributed by atoms with Gasteiger partial charge in [-0.15, -0.1) is 0 Å². The summed E-state index contributed by atoms with van der Waals surface area (Å²) in [5.74, 6) is 1.63. The van der Waals surface area contributed by atoms with Gasteiger partial charge >= 0.3 is 11.9 Å². The van der Waals surface area contributed by atoms with Crippen molar-refractivity contribution in [3.63, 3.8) is 0 Å². The fourth-order valence-electron chi connectivity index (χ4n) is 13.9. The first-order valence-corrected chi connectivity index (χ1v) is 36.5. The Kier molecular flexibility index (Phi) is 31.5. The third kappa shape index (κ3) is 21.9. The number of rotatable bonds is 40. The fraction of sp³-hybridized carbons (Fsp3) is 0.488. The molecule has 6 aromatic rings. The number of amides is 4. The zero-order valence-corrected chi connectivity index (χ0v) is 64.4. The second-order valence-electron chi connectivity index (χ2n) is 26.7. The lowest BCUT2D eigenvalue weighted by Crippen LogP contribution is -2.50. The predicted octanol–water partition coefficient (Wildman–Crippen LogP) is 11.2. The summed E-state index contributed by atoms with van der Waals surface area (Å²) in [4.78, 5) is 91.4. The first kappa shape index (κ1) is 82.4. The summed E-state index contributed by atoms with van der Waals surface area (Å²) in [6.07, 6.45) is 4.57. The molecule has 4 amide bonds. The molecule has 0 bridgehead atoms. The zero-order chi connectivity index (χ0) is 77.1. The molecule has 6 unspecified atom stereocenters. The molecule has 107 heavy (non-hydrogen) atoms. The minimum atomic E-state index is -0.860. The molecule has 25 heteroatoms. The summed E-state index contributed by atoms with van der Waals surface area (Å²) in [5, 5.41) is 5.94. The summed E-state index contributed by atoms with van der Waals surface area (Å²) in [5.41, 5.74) is 4.38. The second-order valence-corrected chi connectivity index (χ2v) is 26.7. The predicted molar refractivity (Wildman–Crippen MR) is 402 cm³/mol. The van der Waals surface area contributed by atoms with E-state index in [-0.39, 0.29) is 44.0 Å². The molecule has 0 aliphatic carbocycles. The number of piperidine rings is 2. The highest BCUT2D eigenvalue weighted by atomic mass is 16.6. The van der Waals surface area contributed by atoms with Gasteiger partial charge in [0, 0.05) is 38.6 Å². The lowest BCUT2D eigenvalue weighted by molar-refractivity contribution is -0.162. The van der Waals surface area contributed by atoms with Crippen LogP contribution in [-0.4, -0.2) is 193 Å². The Balaban J connectivity index is 0.906. The van der Waals surface area contributed by atoms with E-state index in [0.29, 0.717) is 175 Å². The van der Waals surface area contributed by atoms with E-state index in [2.05, 4.69) is 10.6 Å². The van der Waals surface area contributed by atoms with Crippen LogP contribution in [0.25, 0.3) is 0 Å². The van der Waals surface area contributed by atoms with Gasteiger partial charge in [0.05, 0.1) is 82.9 Å². The molecular formula is C82H107N5O20. The summed E-state index contributed by atoms with van der Waals surface area (Å²) < 4.78 is 81.2. The maximum absolute atomic E-state index is 14.7. The molecule has 25 nitrogen and oxygen atoms in total. The van der Waals surface area contributed by atoms with E-state index in [9.17, 15) is 28.8 Å². The van der Waals surface area contributed by atoms with Crippen molar-refractivity contribution in [3.8, 4) is 69.0 Å². The van der Waals surface area contributed by atoms with Crippen LogP contribution in [0.15, 0.2) is 109 Å². The van der Waals surface area contributed by atoms with Gasteiger partial charge in [0.15, 0.2) is 59.2 Å². The standard InChI is InChI=1S/C82H107N5O20/c1-15-61(57-43-71(98-9)77(102-13)72(44-57)99-10)79(90)86-37-19-17-27-63(86)81(92)106-65(33-29-52-31-35-67(94-5)69(39-52)96-7)55-23-21-25-59(41-55)104-50-75(88)83-47-54(49-85(3)4)48-84-76(89)51-105-60-26-22-24-56(42-60)66(34-30-53-32-36-68(95-6)70(40-53)97-8)107-82(93)64-28-18-20-38-87(64)80(91)62(16-2)58-45-73(100-11)78(103-14)74(46-58)101-12/h21-26,31-32,35-36,39-46,54,61-66H,15-20,27-30,33-34,37-38,47-51H2,1-14H3,(H,83,88)(H,84,89). The molecule has 6 atom stereocenters. The van der Waals surface area contributed by atoms with Gasteiger partial charge in [-0.25, -0.2) is 9.59 Å². The molecule has 2 heterocycles. The van der Waals surface area contributed by atoms with Crippen LogP contribution in [0.5, 0.6) is 69.0 Å². The average Bonchev–Trinajstić information content (AvgIpc) is 0.795. The number of carbonyl (C=O) groups excluding carboxylic acids is 6. The van der Waals surface area contributed by atoms with Gasteiger partial charge in [0.1, 0.15) is 35.8 Å². The molecule has 0 spiro atoms. The van der Waals surface area contributed by atoms with Crippen molar-refractivity contribution >= 4 is 35.6 Å². The molecule has 8 rings (SSSR count). The number of nitrogens with zero attached hydrogens (tertiary/aromatic N) is 3. The van der Waals surface area contributed by atoms with Gasteiger partial charge in [0.2, 0.25) is 23.3 Å². The van der Waals surface area contributed by atoms with Gasteiger partial charge in [-0.05, 0) is 197 Å². The number of methoxy groups -OCH3 is 10. The van der Waals surface area contributed by atoms with Crippen LogP contribution in [0.3, 0.4) is 0 Å². The molecule has 2 fully saturated rings. The number of esters is 2. The highest BCUT2D eigenvalue weighted by molar-refractivity contribution is 5.90. The van der Waals surface area contributed by atoms with E-state index in [1.165, 1.54) is 42.7 Å². The number of carbonyl (C=O) groups is 6. The summed E-state index contributed by atoms with van der Waals surface area (Å²) in [7, 11) is 19.2.